The van der Waals surface area contributed by atoms with Gasteiger partial charge in [-0.1, -0.05) is 26.0 Å². The van der Waals surface area contributed by atoms with E-state index in [0.29, 0.717) is 11.5 Å². The summed E-state index contributed by atoms with van der Waals surface area (Å²) >= 11 is 0. The lowest BCUT2D eigenvalue weighted by Gasteiger charge is -2.26. The van der Waals surface area contributed by atoms with Crippen molar-refractivity contribution in [2.24, 2.45) is 0 Å². The summed E-state index contributed by atoms with van der Waals surface area (Å²) in [6.45, 7) is 6.07. The van der Waals surface area contributed by atoms with Crippen molar-refractivity contribution in [1.82, 2.24) is 9.88 Å². The summed E-state index contributed by atoms with van der Waals surface area (Å²) in [4.78, 5) is 18.7. The van der Waals surface area contributed by atoms with Gasteiger partial charge in [-0.25, -0.2) is 0 Å². The van der Waals surface area contributed by atoms with Crippen molar-refractivity contribution < 1.29 is 4.79 Å². The zero-order valence-electron chi connectivity index (χ0n) is 14.5. The van der Waals surface area contributed by atoms with E-state index in [9.17, 15) is 4.79 Å². The van der Waals surface area contributed by atoms with Gasteiger partial charge in [-0.2, -0.15) is 0 Å². The molecule has 0 spiro atoms. The second-order valence-electron chi connectivity index (χ2n) is 6.72. The molecule has 1 N–H and O–H groups in total. The zero-order chi connectivity index (χ0) is 16.9. The van der Waals surface area contributed by atoms with Crippen molar-refractivity contribution in [2.45, 2.75) is 39.0 Å². The molecule has 0 atom stereocenters. The molecule has 3 rings (SSSR count). The Morgan fingerprint density at radius 1 is 1.04 bits per heavy atom. The van der Waals surface area contributed by atoms with E-state index in [0.717, 1.165) is 37.3 Å². The summed E-state index contributed by atoms with van der Waals surface area (Å²) in [5.74, 6) is 0.604. The first-order valence-corrected chi connectivity index (χ1v) is 8.75. The number of hydrogen-bond donors (Lipinski definition) is 1. The van der Waals surface area contributed by atoms with E-state index < -0.39 is 0 Å². The molecule has 2 aromatic rings. The molecule has 0 bridgehead atoms. The Labute approximate surface area is 143 Å². The molecule has 126 valence electrons. The number of rotatable bonds is 4. The zero-order valence-corrected chi connectivity index (χ0v) is 14.5. The maximum Gasteiger partial charge on any atom is 0.255 e. The summed E-state index contributed by atoms with van der Waals surface area (Å²) < 4.78 is 0. The van der Waals surface area contributed by atoms with Crippen LogP contribution in [0.4, 0.5) is 11.4 Å². The van der Waals surface area contributed by atoms with Crippen molar-refractivity contribution in [1.29, 1.82) is 0 Å². The Morgan fingerprint density at radius 3 is 2.42 bits per heavy atom. The molecule has 0 aliphatic carbocycles. The Kier molecular flexibility index (Phi) is 5.14. The lowest BCUT2D eigenvalue weighted by molar-refractivity contribution is 0.0724. The van der Waals surface area contributed by atoms with Gasteiger partial charge in [-0.3, -0.25) is 9.78 Å². The fourth-order valence-electron chi connectivity index (χ4n) is 3.02. The fraction of sp³-hybridized carbons (Fsp3) is 0.400. The summed E-state index contributed by atoms with van der Waals surface area (Å²) in [7, 11) is 0. The summed E-state index contributed by atoms with van der Waals surface area (Å²) in [5, 5.41) is 3.34. The number of carbonyl (C=O) groups excluding carboxylic acids is 1. The van der Waals surface area contributed by atoms with Crippen LogP contribution in [0.5, 0.6) is 0 Å². The van der Waals surface area contributed by atoms with Crippen LogP contribution in [0, 0.1) is 0 Å². The van der Waals surface area contributed by atoms with Gasteiger partial charge in [0, 0.05) is 25.0 Å². The van der Waals surface area contributed by atoms with Gasteiger partial charge in [-0.15, -0.1) is 0 Å². The number of likely N-dealkylation sites (tertiary alicyclic amines) is 1. The number of hydrogen-bond acceptors (Lipinski definition) is 3. The van der Waals surface area contributed by atoms with Crippen LogP contribution in [0.1, 0.15) is 54.9 Å². The maximum absolute atomic E-state index is 12.6. The minimum Gasteiger partial charge on any atom is -0.354 e. The molecule has 0 radical (unpaired) electrons. The summed E-state index contributed by atoms with van der Waals surface area (Å²) in [5.41, 5.74) is 3.81. The molecule has 4 heteroatoms. The molecule has 1 aromatic heterocycles. The van der Waals surface area contributed by atoms with E-state index in [2.05, 4.69) is 48.4 Å². The first-order valence-electron chi connectivity index (χ1n) is 8.75. The number of benzene rings is 1. The molecular formula is C20H25N3O. The van der Waals surface area contributed by atoms with Crippen LogP contribution in [-0.2, 0) is 0 Å². The van der Waals surface area contributed by atoms with Crippen LogP contribution in [0.3, 0.4) is 0 Å². The largest absolute Gasteiger partial charge is 0.354 e. The van der Waals surface area contributed by atoms with Crippen LogP contribution < -0.4 is 5.32 Å². The topological polar surface area (TPSA) is 45.2 Å². The van der Waals surface area contributed by atoms with Crippen LogP contribution >= 0.6 is 0 Å². The van der Waals surface area contributed by atoms with Crippen molar-refractivity contribution in [3.8, 4) is 0 Å². The normalized spacial score (nSPS) is 14.7. The van der Waals surface area contributed by atoms with Gasteiger partial charge < -0.3 is 10.2 Å². The van der Waals surface area contributed by atoms with E-state index in [-0.39, 0.29) is 5.91 Å². The Hall–Kier alpha value is -2.36. The monoisotopic (exact) mass is 323 g/mol. The third-order valence-corrected chi connectivity index (χ3v) is 4.49. The quantitative estimate of drug-likeness (QED) is 0.896. The summed E-state index contributed by atoms with van der Waals surface area (Å²) in [6.07, 6.45) is 6.82. The van der Waals surface area contributed by atoms with Gasteiger partial charge in [0.2, 0.25) is 0 Å². The highest BCUT2D eigenvalue weighted by Gasteiger charge is 2.18. The van der Waals surface area contributed by atoms with Crippen LogP contribution in [0.2, 0.25) is 0 Å². The highest BCUT2D eigenvalue weighted by Crippen LogP contribution is 2.21. The van der Waals surface area contributed by atoms with Gasteiger partial charge in [0.05, 0.1) is 17.4 Å². The van der Waals surface area contributed by atoms with Crippen molar-refractivity contribution in [2.75, 3.05) is 18.4 Å². The average Bonchev–Trinajstić information content (AvgIpc) is 2.62. The van der Waals surface area contributed by atoms with Gasteiger partial charge >= 0.3 is 0 Å². The number of nitrogens with zero attached hydrogens (tertiary/aromatic N) is 2. The molecule has 1 saturated heterocycles. The maximum atomic E-state index is 12.6. The third-order valence-electron chi connectivity index (χ3n) is 4.49. The standard InChI is InChI=1S/C20H25N3O/c1-15(2)16-6-8-18(9-7-16)22-19-12-17(13-21-14-19)20(24)23-10-4-3-5-11-23/h6-9,12-15,22H,3-5,10-11H2,1-2H3. The van der Waals surface area contributed by atoms with E-state index in [1.165, 1.54) is 12.0 Å². The molecule has 0 saturated carbocycles. The average molecular weight is 323 g/mol. The number of anilines is 2. The number of carbonyl (C=O) groups is 1. The first kappa shape index (κ1) is 16.5. The Balaban J connectivity index is 1.71. The van der Waals surface area contributed by atoms with Crippen molar-refractivity contribution in [3.63, 3.8) is 0 Å². The lowest BCUT2D eigenvalue weighted by Crippen LogP contribution is -2.35. The highest BCUT2D eigenvalue weighted by atomic mass is 16.2. The van der Waals surface area contributed by atoms with Gasteiger partial charge in [-0.05, 0) is 48.9 Å². The van der Waals surface area contributed by atoms with Crippen LogP contribution in [0.15, 0.2) is 42.7 Å². The van der Waals surface area contributed by atoms with Crippen LogP contribution in [0.25, 0.3) is 0 Å². The second-order valence-corrected chi connectivity index (χ2v) is 6.72. The number of pyridine rings is 1. The number of piperidine rings is 1. The van der Waals surface area contributed by atoms with E-state index in [1.807, 2.05) is 11.0 Å². The fourth-order valence-corrected chi connectivity index (χ4v) is 3.02. The molecule has 1 aliphatic rings. The number of amides is 1. The minimum absolute atomic E-state index is 0.0843. The van der Waals surface area contributed by atoms with E-state index in [4.69, 9.17) is 0 Å². The van der Waals surface area contributed by atoms with Crippen molar-refractivity contribution in [3.05, 3.63) is 53.9 Å². The van der Waals surface area contributed by atoms with E-state index >= 15 is 0 Å². The summed E-state index contributed by atoms with van der Waals surface area (Å²) in [6, 6.07) is 10.3. The Bertz CT molecular complexity index is 688. The second kappa shape index (κ2) is 7.47. The first-order chi connectivity index (χ1) is 11.6. The molecule has 0 unspecified atom stereocenters. The molecule has 1 fully saturated rings. The number of nitrogens with one attached hydrogen (secondary N) is 1. The smallest absolute Gasteiger partial charge is 0.255 e. The predicted octanol–water partition coefficient (Wildman–Crippen LogP) is 4.57. The predicted molar refractivity (Wildman–Crippen MR) is 97.8 cm³/mol. The van der Waals surface area contributed by atoms with Gasteiger partial charge in [0.15, 0.2) is 0 Å². The highest BCUT2D eigenvalue weighted by molar-refractivity contribution is 5.95. The molecule has 1 aliphatic heterocycles. The minimum atomic E-state index is 0.0843. The molecule has 1 aromatic carbocycles. The molecule has 1 amide bonds. The molecule has 2 heterocycles. The van der Waals surface area contributed by atoms with Crippen LogP contribution in [-0.4, -0.2) is 28.9 Å². The van der Waals surface area contributed by atoms with Crippen molar-refractivity contribution >= 4 is 17.3 Å². The third kappa shape index (κ3) is 3.94. The molecule has 4 nitrogen and oxygen atoms in total. The van der Waals surface area contributed by atoms with E-state index in [1.54, 1.807) is 12.4 Å². The lowest BCUT2D eigenvalue weighted by atomic mass is 10.0. The van der Waals surface area contributed by atoms with Gasteiger partial charge in [0.25, 0.3) is 5.91 Å². The molecule has 24 heavy (non-hydrogen) atoms. The number of aromatic nitrogens is 1. The Morgan fingerprint density at radius 2 is 1.75 bits per heavy atom. The SMILES string of the molecule is CC(C)c1ccc(Nc2cncc(C(=O)N3CCCCC3)c2)cc1. The van der Waals surface area contributed by atoms with Gasteiger partial charge in [0.1, 0.15) is 0 Å². The molecular weight excluding hydrogens is 298 g/mol.